The maximum absolute atomic E-state index is 5.18. The molecular weight excluding hydrogens is 198 g/mol. The van der Waals surface area contributed by atoms with E-state index in [-0.39, 0.29) is 0 Å². The van der Waals surface area contributed by atoms with Crippen molar-refractivity contribution in [2.24, 2.45) is 0 Å². The molecule has 1 aromatic rings. The summed E-state index contributed by atoms with van der Waals surface area (Å²) in [5.74, 6) is 2.64. The van der Waals surface area contributed by atoms with Gasteiger partial charge in [0.1, 0.15) is 0 Å². The summed E-state index contributed by atoms with van der Waals surface area (Å²) >= 11 is 0. The van der Waals surface area contributed by atoms with Crippen molar-refractivity contribution in [3.8, 4) is 12.3 Å². The molecule has 0 saturated carbocycles. The van der Waals surface area contributed by atoms with Crippen molar-refractivity contribution in [3.63, 3.8) is 0 Å². The van der Waals surface area contributed by atoms with E-state index in [1.165, 1.54) is 5.69 Å². The Kier molecular flexibility index (Phi) is 5.66. The molecule has 0 aliphatic carbocycles. The molecule has 0 fully saturated rings. The summed E-state index contributed by atoms with van der Waals surface area (Å²) in [6, 6.07) is 2.11. The first kappa shape index (κ1) is 12.8. The van der Waals surface area contributed by atoms with Crippen LogP contribution in [0.4, 0.5) is 0 Å². The molecule has 0 aliphatic rings. The first-order chi connectivity index (χ1) is 7.74. The third-order valence-corrected chi connectivity index (χ3v) is 2.50. The zero-order valence-electron chi connectivity index (χ0n) is 10.3. The molecule has 1 rings (SSSR count). The lowest BCUT2D eigenvalue weighted by molar-refractivity contribution is 0.529. The monoisotopic (exact) mass is 219 g/mol. The molecule has 0 saturated heterocycles. The zero-order valence-corrected chi connectivity index (χ0v) is 10.3. The second-order valence-corrected chi connectivity index (χ2v) is 4.06. The Morgan fingerprint density at radius 2 is 2.12 bits per heavy atom. The fraction of sp³-hybridized carbons (Fsp3) is 0.615. The van der Waals surface area contributed by atoms with E-state index in [0.717, 1.165) is 44.6 Å². The van der Waals surface area contributed by atoms with Gasteiger partial charge in [-0.1, -0.05) is 0 Å². The van der Waals surface area contributed by atoms with Crippen LogP contribution in [-0.2, 0) is 6.54 Å². The van der Waals surface area contributed by atoms with Crippen molar-refractivity contribution in [2.75, 3.05) is 13.1 Å². The molecule has 88 valence electrons. The Morgan fingerprint density at radius 1 is 1.38 bits per heavy atom. The lowest BCUT2D eigenvalue weighted by atomic mass is 10.3. The summed E-state index contributed by atoms with van der Waals surface area (Å²) in [5.41, 5.74) is 2.34. The van der Waals surface area contributed by atoms with Crippen LogP contribution in [0.15, 0.2) is 6.07 Å². The van der Waals surface area contributed by atoms with Crippen molar-refractivity contribution < 1.29 is 0 Å². The molecule has 0 atom stereocenters. The highest BCUT2D eigenvalue weighted by molar-refractivity contribution is 5.06. The molecule has 1 heterocycles. The van der Waals surface area contributed by atoms with Gasteiger partial charge in [0.15, 0.2) is 0 Å². The second-order valence-electron chi connectivity index (χ2n) is 4.06. The van der Waals surface area contributed by atoms with Gasteiger partial charge in [0.05, 0.1) is 5.69 Å². The van der Waals surface area contributed by atoms with Gasteiger partial charge in [-0.25, -0.2) is 0 Å². The topological polar surface area (TPSA) is 29.9 Å². The first-order valence-corrected chi connectivity index (χ1v) is 5.89. The van der Waals surface area contributed by atoms with E-state index in [1.807, 2.05) is 6.92 Å². The van der Waals surface area contributed by atoms with Gasteiger partial charge in [0.25, 0.3) is 0 Å². The minimum Gasteiger partial charge on any atom is -0.317 e. The number of nitrogens with one attached hydrogen (secondary N) is 1. The SMILES string of the molecule is C#CCCCNCCCn1nc(C)cc1C. The summed E-state index contributed by atoms with van der Waals surface area (Å²) in [6.45, 7) is 7.16. The molecule has 0 amide bonds. The van der Waals surface area contributed by atoms with E-state index < -0.39 is 0 Å². The van der Waals surface area contributed by atoms with Crippen molar-refractivity contribution in [2.45, 2.75) is 39.7 Å². The average molecular weight is 219 g/mol. The fourth-order valence-electron chi connectivity index (χ4n) is 1.70. The van der Waals surface area contributed by atoms with Crippen LogP contribution in [0.5, 0.6) is 0 Å². The maximum atomic E-state index is 5.18. The molecule has 16 heavy (non-hydrogen) atoms. The van der Waals surface area contributed by atoms with Crippen LogP contribution in [0.3, 0.4) is 0 Å². The number of hydrogen-bond acceptors (Lipinski definition) is 2. The summed E-state index contributed by atoms with van der Waals surface area (Å²) < 4.78 is 2.07. The van der Waals surface area contributed by atoms with Crippen LogP contribution in [0.1, 0.15) is 30.7 Å². The van der Waals surface area contributed by atoms with Crippen LogP contribution in [-0.4, -0.2) is 22.9 Å². The lowest BCUT2D eigenvalue weighted by Gasteiger charge is -2.05. The number of terminal acetylenes is 1. The number of nitrogens with zero attached hydrogens (tertiary/aromatic N) is 2. The standard InChI is InChI=1S/C13H21N3/c1-4-5-6-8-14-9-7-10-16-13(3)11-12(2)15-16/h1,11,14H,5-10H2,2-3H3. The van der Waals surface area contributed by atoms with Gasteiger partial charge in [0, 0.05) is 18.7 Å². The van der Waals surface area contributed by atoms with Crippen molar-refractivity contribution in [1.29, 1.82) is 0 Å². The Labute approximate surface area is 98.2 Å². The van der Waals surface area contributed by atoms with Gasteiger partial charge >= 0.3 is 0 Å². The molecule has 1 aromatic heterocycles. The Morgan fingerprint density at radius 3 is 2.75 bits per heavy atom. The predicted octanol–water partition coefficient (Wildman–Crippen LogP) is 1.89. The number of hydrogen-bond donors (Lipinski definition) is 1. The van der Waals surface area contributed by atoms with E-state index in [0.29, 0.717) is 0 Å². The Hall–Kier alpha value is -1.27. The van der Waals surface area contributed by atoms with E-state index in [9.17, 15) is 0 Å². The van der Waals surface area contributed by atoms with Crippen LogP contribution < -0.4 is 5.32 Å². The van der Waals surface area contributed by atoms with Crippen LogP contribution in [0.25, 0.3) is 0 Å². The molecule has 3 nitrogen and oxygen atoms in total. The normalized spacial score (nSPS) is 10.3. The van der Waals surface area contributed by atoms with Crippen molar-refractivity contribution in [3.05, 3.63) is 17.5 Å². The van der Waals surface area contributed by atoms with Crippen molar-refractivity contribution >= 4 is 0 Å². The second kappa shape index (κ2) is 7.08. The third kappa shape index (κ3) is 4.50. The Bertz CT molecular complexity index is 347. The largest absolute Gasteiger partial charge is 0.317 e. The molecule has 3 heteroatoms. The van der Waals surface area contributed by atoms with Gasteiger partial charge in [-0.2, -0.15) is 5.10 Å². The lowest BCUT2D eigenvalue weighted by Crippen LogP contribution is -2.18. The van der Waals surface area contributed by atoms with E-state index in [2.05, 4.69) is 34.0 Å². The Balaban J connectivity index is 2.08. The van der Waals surface area contributed by atoms with Gasteiger partial charge in [-0.05, 0) is 45.8 Å². The fourth-order valence-corrected chi connectivity index (χ4v) is 1.70. The molecule has 0 aliphatic heterocycles. The molecule has 0 bridgehead atoms. The molecule has 1 N–H and O–H groups in total. The molecule has 0 spiro atoms. The molecule has 0 unspecified atom stereocenters. The molecular formula is C13H21N3. The van der Waals surface area contributed by atoms with Gasteiger partial charge < -0.3 is 5.32 Å². The van der Waals surface area contributed by atoms with Gasteiger partial charge in [-0.3, -0.25) is 4.68 Å². The minimum absolute atomic E-state index is 0.866. The van der Waals surface area contributed by atoms with Crippen LogP contribution in [0.2, 0.25) is 0 Å². The molecule has 0 radical (unpaired) electrons. The number of unbranched alkanes of at least 4 members (excludes halogenated alkanes) is 1. The third-order valence-electron chi connectivity index (χ3n) is 2.50. The van der Waals surface area contributed by atoms with Gasteiger partial charge in [-0.15, -0.1) is 12.3 Å². The number of aryl methyl sites for hydroxylation is 3. The van der Waals surface area contributed by atoms with E-state index in [1.54, 1.807) is 0 Å². The average Bonchev–Trinajstić information content (AvgIpc) is 2.56. The van der Waals surface area contributed by atoms with Crippen molar-refractivity contribution in [1.82, 2.24) is 15.1 Å². The quantitative estimate of drug-likeness (QED) is 0.560. The van der Waals surface area contributed by atoms with Crippen LogP contribution in [0, 0.1) is 26.2 Å². The number of aromatic nitrogens is 2. The number of rotatable bonds is 7. The summed E-state index contributed by atoms with van der Waals surface area (Å²) in [7, 11) is 0. The predicted molar refractivity (Wildman–Crippen MR) is 67.3 cm³/mol. The smallest absolute Gasteiger partial charge is 0.0596 e. The van der Waals surface area contributed by atoms with Crippen LogP contribution >= 0.6 is 0 Å². The van der Waals surface area contributed by atoms with E-state index >= 15 is 0 Å². The highest BCUT2D eigenvalue weighted by atomic mass is 15.3. The highest BCUT2D eigenvalue weighted by Gasteiger charge is 1.99. The first-order valence-electron chi connectivity index (χ1n) is 5.89. The minimum atomic E-state index is 0.866. The highest BCUT2D eigenvalue weighted by Crippen LogP contribution is 2.02. The summed E-state index contributed by atoms with van der Waals surface area (Å²) in [4.78, 5) is 0. The summed E-state index contributed by atoms with van der Waals surface area (Å²) in [6.07, 6.45) is 8.22. The molecule has 0 aromatic carbocycles. The maximum Gasteiger partial charge on any atom is 0.0596 e. The van der Waals surface area contributed by atoms with E-state index in [4.69, 9.17) is 6.42 Å². The van der Waals surface area contributed by atoms with Gasteiger partial charge in [0.2, 0.25) is 0 Å². The zero-order chi connectivity index (χ0) is 11.8. The summed E-state index contributed by atoms with van der Waals surface area (Å²) in [5, 5.41) is 7.80.